The van der Waals surface area contributed by atoms with Gasteiger partial charge in [-0.1, -0.05) is 12.1 Å². The number of nitrogens with zero attached hydrogens (tertiary/aromatic N) is 1. The molecule has 0 saturated heterocycles. The van der Waals surface area contributed by atoms with Crippen molar-refractivity contribution >= 4 is 17.3 Å². The zero-order valence-electron chi connectivity index (χ0n) is 15.8. The number of rotatable bonds is 5. The number of aryl methyl sites for hydroxylation is 2. The Kier molecular flexibility index (Phi) is 4.85. The van der Waals surface area contributed by atoms with Gasteiger partial charge in [-0.25, -0.2) is 4.98 Å². The molecule has 0 bridgehead atoms. The smallest absolute Gasteiger partial charge is 0.274 e. The first-order chi connectivity index (χ1) is 13.6. The van der Waals surface area contributed by atoms with Crippen molar-refractivity contribution in [2.24, 2.45) is 0 Å². The van der Waals surface area contributed by atoms with Crippen LogP contribution in [0.3, 0.4) is 0 Å². The number of carbonyl (C=O) groups is 1. The fourth-order valence-electron chi connectivity index (χ4n) is 3.13. The van der Waals surface area contributed by atoms with Gasteiger partial charge < -0.3 is 20.1 Å². The fourth-order valence-corrected chi connectivity index (χ4v) is 3.13. The number of pyridine rings is 1. The normalized spacial score (nSPS) is 11.9. The highest BCUT2D eigenvalue weighted by Gasteiger charge is 2.13. The Morgan fingerprint density at radius 3 is 2.50 bits per heavy atom. The number of fused-ring (bicyclic) bond motifs is 1. The van der Waals surface area contributed by atoms with E-state index in [4.69, 9.17) is 9.47 Å². The highest BCUT2D eigenvalue weighted by atomic mass is 16.7. The third kappa shape index (κ3) is 4.06. The van der Waals surface area contributed by atoms with Gasteiger partial charge >= 0.3 is 0 Å². The minimum atomic E-state index is -0.229. The van der Waals surface area contributed by atoms with Crippen molar-refractivity contribution in [3.63, 3.8) is 0 Å². The maximum Gasteiger partial charge on any atom is 0.274 e. The van der Waals surface area contributed by atoms with Crippen molar-refractivity contribution in [2.75, 3.05) is 17.4 Å². The van der Waals surface area contributed by atoms with E-state index in [1.54, 1.807) is 12.3 Å². The Balaban J connectivity index is 1.37. The average molecular weight is 375 g/mol. The maximum absolute atomic E-state index is 12.4. The van der Waals surface area contributed by atoms with Crippen LogP contribution in [0.4, 0.5) is 11.4 Å². The van der Waals surface area contributed by atoms with Crippen LogP contribution in [0.1, 0.15) is 27.2 Å². The number of anilines is 2. The molecule has 3 aromatic rings. The number of hydrogen-bond acceptors (Lipinski definition) is 5. The molecule has 4 rings (SSSR count). The lowest BCUT2D eigenvalue weighted by Gasteiger charge is -2.09. The standard InChI is InChI=1S/C22H21N3O3/c1-14-7-15(2)9-18(8-14)25-22(26)19-5-4-17(12-24-19)23-11-16-3-6-20-21(10-16)28-13-27-20/h3-10,12,23H,11,13H2,1-2H3,(H,25,26). The second-order valence-electron chi connectivity index (χ2n) is 6.80. The second-order valence-corrected chi connectivity index (χ2v) is 6.80. The summed E-state index contributed by atoms with van der Waals surface area (Å²) in [6, 6.07) is 15.3. The van der Waals surface area contributed by atoms with Gasteiger partial charge in [0.25, 0.3) is 5.91 Å². The van der Waals surface area contributed by atoms with Crippen LogP contribution in [0.2, 0.25) is 0 Å². The summed E-state index contributed by atoms with van der Waals surface area (Å²) in [5, 5.41) is 6.19. The van der Waals surface area contributed by atoms with Gasteiger partial charge in [-0.15, -0.1) is 0 Å². The Hall–Kier alpha value is -3.54. The molecule has 2 aromatic carbocycles. The summed E-state index contributed by atoms with van der Waals surface area (Å²) in [4.78, 5) is 16.7. The van der Waals surface area contributed by atoms with Crippen LogP contribution in [-0.2, 0) is 6.54 Å². The maximum atomic E-state index is 12.4. The molecule has 2 heterocycles. The molecule has 0 fully saturated rings. The third-order valence-electron chi connectivity index (χ3n) is 4.41. The van der Waals surface area contributed by atoms with Gasteiger partial charge in [-0.05, 0) is 66.9 Å². The third-order valence-corrected chi connectivity index (χ3v) is 4.41. The number of aromatic nitrogens is 1. The zero-order valence-corrected chi connectivity index (χ0v) is 15.8. The van der Waals surface area contributed by atoms with Crippen molar-refractivity contribution in [1.82, 2.24) is 4.98 Å². The van der Waals surface area contributed by atoms with E-state index in [0.717, 1.165) is 39.6 Å². The molecule has 6 heteroatoms. The van der Waals surface area contributed by atoms with Crippen molar-refractivity contribution in [2.45, 2.75) is 20.4 Å². The van der Waals surface area contributed by atoms with E-state index < -0.39 is 0 Å². The molecule has 1 aliphatic heterocycles. The van der Waals surface area contributed by atoms with Crippen molar-refractivity contribution < 1.29 is 14.3 Å². The number of amides is 1. The number of carbonyl (C=O) groups excluding carboxylic acids is 1. The predicted molar refractivity (Wildman–Crippen MR) is 108 cm³/mol. The lowest BCUT2D eigenvalue weighted by atomic mass is 10.1. The SMILES string of the molecule is Cc1cc(C)cc(NC(=O)c2ccc(NCc3ccc4c(c3)OCO4)cn2)c1. The second kappa shape index (κ2) is 7.60. The summed E-state index contributed by atoms with van der Waals surface area (Å²) < 4.78 is 10.7. The van der Waals surface area contributed by atoms with Gasteiger partial charge in [0.15, 0.2) is 11.5 Å². The van der Waals surface area contributed by atoms with E-state index in [-0.39, 0.29) is 12.7 Å². The molecule has 0 aliphatic carbocycles. The number of benzene rings is 2. The first kappa shape index (κ1) is 17.9. The Morgan fingerprint density at radius 2 is 1.75 bits per heavy atom. The van der Waals surface area contributed by atoms with E-state index in [1.807, 2.05) is 50.2 Å². The van der Waals surface area contributed by atoms with Crippen LogP contribution >= 0.6 is 0 Å². The summed E-state index contributed by atoms with van der Waals surface area (Å²) >= 11 is 0. The summed E-state index contributed by atoms with van der Waals surface area (Å²) in [6.45, 7) is 4.89. The van der Waals surface area contributed by atoms with Crippen LogP contribution in [0, 0.1) is 13.8 Å². The molecule has 0 radical (unpaired) electrons. The monoisotopic (exact) mass is 375 g/mol. The molecule has 142 valence electrons. The molecule has 1 amide bonds. The highest BCUT2D eigenvalue weighted by molar-refractivity contribution is 6.03. The largest absolute Gasteiger partial charge is 0.454 e. The van der Waals surface area contributed by atoms with Gasteiger partial charge in [0.1, 0.15) is 5.69 Å². The number of ether oxygens (including phenoxy) is 2. The summed E-state index contributed by atoms with van der Waals surface area (Å²) in [7, 11) is 0. The predicted octanol–water partition coefficient (Wildman–Crippen LogP) is 4.29. The topological polar surface area (TPSA) is 72.5 Å². The van der Waals surface area contributed by atoms with Crippen molar-refractivity contribution in [1.29, 1.82) is 0 Å². The molecular weight excluding hydrogens is 354 g/mol. The quantitative estimate of drug-likeness (QED) is 0.696. The van der Waals surface area contributed by atoms with E-state index in [9.17, 15) is 4.79 Å². The van der Waals surface area contributed by atoms with Crippen LogP contribution in [-0.4, -0.2) is 17.7 Å². The zero-order chi connectivity index (χ0) is 19.5. The van der Waals surface area contributed by atoms with Gasteiger partial charge in [-0.3, -0.25) is 4.79 Å². The molecule has 0 unspecified atom stereocenters. The Labute approximate surface area is 163 Å². The van der Waals surface area contributed by atoms with Crippen LogP contribution in [0.5, 0.6) is 11.5 Å². The summed E-state index contributed by atoms with van der Waals surface area (Å²) in [5.74, 6) is 1.30. The molecule has 1 aliphatic rings. The minimum absolute atomic E-state index is 0.229. The molecule has 1 aromatic heterocycles. The van der Waals surface area contributed by atoms with Gasteiger partial charge in [-0.2, -0.15) is 0 Å². The lowest BCUT2D eigenvalue weighted by molar-refractivity contribution is 0.102. The highest BCUT2D eigenvalue weighted by Crippen LogP contribution is 2.32. The molecule has 0 spiro atoms. The number of hydrogen-bond donors (Lipinski definition) is 2. The molecule has 0 saturated carbocycles. The molecule has 2 N–H and O–H groups in total. The summed E-state index contributed by atoms with van der Waals surface area (Å²) in [6.07, 6.45) is 1.66. The van der Waals surface area contributed by atoms with E-state index >= 15 is 0 Å². The van der Waals surface area contributed by atoms with Gasteiger partial charge in [0.2, 0.25) is 6.79 Å². The van der Waals surface area contributed by atoms with E-state index in [0.29, 0.717) is 12.2 Å². The average Bonchev–Trinajstić information content (AvgIpc) is 3.14. The summed E-state index contributed by atoms with van der Waals surface area (Å²) in [5.41, 5.74) is 5.25. The van der Waals surface area contributed by atoms with E-state index in [2.05, 4.69) is 21.7 Å². The molecule has 6 nitrogen and oxygen atoms in total. The van der Waals surface area contributed by atoms with E-state index in [1.165, 1.54) is 0 Å². The first-order valence-electron chi connectivity index (χ1n) is 9.05. The van der Waals surface area contributed by atoms with Crippen LogP contribution in [0.25, 0.3) is 0 Å². The first-order valence-corrected chi connectivity index (χ1v) is 9.05. The molecule has 0 atom stereocenters. The van der Waals surface area contributed by atoms with Crippen molar-refractivity contribution in [3.8, 4) is 11.5 Å². The van der Waals surface area contributed by atoms with Crippen LogP contribution < -0.4 is 20.1 Å². The van der Waals surface area contributed by atoms with Crippen LogP contribution in [0.15, 0.2) is 54.7 Å². The molecule has 28 heavy (non-hydrogen) atoms. The Morgan fingerprint density at radius 1 is 0.964 bits per heavy atom. The molecular formula is C22H21N3O3. The Bertz CT molecular complexity index is 996. The van der Waals surface area contributed by atoms with Gasteiger partial charge in [0.05, 0.1) is 11.9 Å². The van der Waals surface area contributed by atoms with Gasteiger partial charge in [0, 0.05) is 12.2 Å². The fraction of sp³-hybridized carbons (Fsp3) is 0.182. The lowest BCUT2D eigenvalue weighted by Crippen LogP contribution is -2.14. The number of nitrogens with one attached hydrogen (secondary N) is 2. The minimum Gasteiger partial charge on any atom is -0.454 e. The van der Waals surface area contributed by atoms with Crippen molar-refractivity contribution in [3.05, 3.63) is 77.1 Å².